The molecule has 104 valence electrons. The highest BCUT2D eigenvalue weighted by Gasteiger charge is 2.20. The maximum atomic E-state index is 11.9. The first-order valence-electron chi connectivity index (χ1n) is 6.21. The van der Waals surface area contributed by atoms with Crippen LogP contribution in [0.1, 0.15) is 38.3 Å². The van der Waals surface area contributed by atoms with E-state index in [2.05, 4.69) is 21.2 Å². The highest BCUT2D eigenvalue weighted by atomic mass is 79.9. The quantitative estimate of drug-likeness (QED) is 0.843. The molecule has 1 aromatic carbocycles. The summed E-state index contributed by atoms with van der Waals surface area (Å²) in [5.41, 5.74) is 0.794. The van der Waals surface area contributed by atoms with Crippen LogP contribution in [0.4, 0.5) is 0 Å². The Bertz CT molecular complexity index is 445. The van der Waals surface area contributed by atoms with E-state index in [4.69, 9.17) is 5.11 Å². The topological polar surface area (TPSA) is 66.4 Å². The fourth-order valence-electron chi connectivity index (χ4n) is 1.62. The van der Waals surface area contributed by atoms with Crippen molar-refractivity contribution in [2.45, 2.75) is 32.7 Å². The number of carboxylic acids is 1. The van der Waals surface area contributed by atoms with Crippen molar-refractivity contribution in [1.82, 2.24) is 5.32 Å². The molecule has 2 atom stereocenters. The van der Waals surface area contributed by atoms with E-state index in [1.54, 1.807) is 0 Å². The lowest BCUT2D eigenvalue weighted by Gasteiger charge is -2.19. The molecule has 0 heterocycles. The Labute approximate surface area is 121 Å². The predicted octanol–water partition coefficient (Wildman–Crippen LogP) is 3.13. The fraction of sp³-hybridized carbons (Fsp3) is 0.429. The summed E-state index contributed by atoms with van der Waals surface area (Å²) in [6.07, 6.45) is 0.607. The average molecular weight is 328 g/mol. The Morgan fingerprint density at radius 1 is 1.32 bits per heavy atom. The van der Waals surface area contributed by atoms with Gasteiger partial charge in [0, 0.05) is 10.4 Å². The van der Waals surface area contributed by atoms with Crippen molar-refractivity contribution in [3.8, 4) is 0 Å². The minimum Gasteiger partial charge on any atom is -0.481 e. The van der Waals surface area contributed by atoms with Gasteiger partial charge in [-0.05, 0) is 24.1 Å². The van der Waals surface area contributed by atoms with Crippen molar-refractivity contribution in [1.29, 1.82) is 0 Å². The van der Waals surface area contributed by atoms with Gasteiger partial charge in [-0.2, -0.15) is 0 Å². The second-order valence-corrected chi connectivity index (χ2v) is 5.44. The van der Waals surface area contributed by atoms with Crippen LogP contribution in [0.15, 0.2) is 28.7 Å². The van der Waals surface area contributed by atoms with Gasteiger partial charge in [0.2, 0.25) is 5.91 Å². The van der Waals surface area contributed by atoms with Crippen molar-refractivity contribution in [2.75, 3.05) is 0 Å². The molecular weight excluding hydrogens is 310 g/mol. The van der Waals surface area contributed by atoms with Crippen LogP contribution in [0.3, 0.4) is 0 Å². The second kappa shape index (κ2) is 7.28. The van der Waals surface area contributed by atoms with Gasteiger partial charge in [0.1, 0.15) is 0 Å². The molecule has 19 heavy (non-hydrogen) atoms. The summed E-state index contributed by atoms with van der Waals surface area (Å²) in [6, 6.07) is 6.80. The van der Waals surface area contributed by atoms with Gasteiger partial charge >= 0.3 is 5.97 Å². The third-order valence-electron chi connectivity index (χ3n) is 3.03. The van der Waals surface area contributed by atoms with Crippen LogP contribution < -0.4 is 5.32 Å². The Morgan fingerprint density at radius 2 is 1.89 bits per heavy atom. The normalized spacial score (nSPS) is 13.6. The summed E-state index contributed by atoms with van der Waals surface area (Å²) in [5, 5.41) is 11.7. The number of carbonyl (C=O) groups is 2. The Hall–Kier alpha value is -1.36. The largest absolute Gasteiger partial charge is 0.481 e. The minimum absolute atomic E-state index is 0.114. The van der Waals surface area contributed by atoms with Gasteiger partial charge in [0.15, 0.2) is 0 Å². The number of benzene rings is 1. The van der Waals surface area contributed by atoms with E-state index in [1.807, 2.05) is 38.1 Å². The average Bonchev–Trinajstić information content (AvgIpc) is 2.37. The molecule has 0 saturated heterocycles. The first-order valence-corrected chi connectivity index (χ1v) is 7.01. The molecule has 2 N–H and O–H groups in total. The van der Waals surface area contributed by atoms with E-state index < -0.39 is 12.0 Å². The lowest BCUT2D eigenvalue weighted by molar-refractivity contribution is -0.137. The van der Waals surface area contributed by atoms with Crippen molar-refractivity contribution < 1.29 is 14.7 Å². The zero-order valence-corrected chi connectivity index (χ0v) is 12.6. The molecule has 0 aliphatic heterocycles. The number of rotatable bonds is 6. The first-order chi connectivity index (χ1) is 8.93. The summed E-state index contributed by atoms with van der Waals surface area (Å²) in [4.78, 5) is 22.8. The Kier molecular flexibility index (Phi) is 6.02. The molecule has 1 aromatic rings. The maximum Gasteiger partial charge on any atom is 0.305 e. The molecule has 0 unspecified atom stereocenters. The third kappa shape index (κ3) is 5.03. The van der Waals surface area contributed by atoms with E-state index in [1.165, 1.54) is 0 Å². The molecule has 0 aromatic heterocycles. The first kappa shape index (κ1) is 15.7. The molecule has 0 radical (unpaired) electrons. The molecule has 4 nitrogen and oxygen atoms in total. The molecule has 0 aliphatic carbocycles. The molecular formula is C14H18BrNO3. The second-order valence-electron chi connectivity index (χ2n) is 4.52. The van der Waals surface area contributed by atoms with E-state index in [0.29, 0.717) is 0 Å². The van der Waals surface area contributed by atoms with Crippen LogP contribution in [0.25, 0.3) is 0 Å². The van der Waals surface area contributed by atoms with Crippen molar-refractivity contribution in [3.63, 3.8) is 0 Å². The van der Waals surface area contributed by atoms with Crippen LogP contribution in [-0.4, -0.2) is 17.0 Å². The smallest absolute Gasteiger partial charge is 0.305 e. The molecule has 0 saturated carbocycles. The van der Waals surface area contributed by atoms with Gasteiger partial charge in [-0.15, -0.1) is 0 Å². The van der Waals surface area contributed by atoms with Crippen LogP contribution in [0.5, 0.6) is 0 Å². The number of halogens is 1. The summed E-state index contributed by atoms with van der Waals surface area (Å²) in [6.45, 7) is 3.75. The molecule has 0 fully saturated rings. The zero-order valence-electron chi connectivity index (χ0n) is 11.0. The van der Waals surface area contributed by atoms with Gasteiger partial charge in [-0.3, -0.25) is 9.59 Å². The number of hydrogen-bond donors (Lipinski definition) is 2. The standard InChI is InChI=1S/C14H18BrNO3/c1-3-9(2)14(19)16-12(8-13(17)18)10-4-6-11(15)7-5-10/h4-7,9,12H,3,8H2,1-2H3,(H,16,19)(H,17,18)/t9-,12+/m0/s1. The van der Waals surface area contributed by atoms with Gasteiger partial charge < -0.3 is 10.4 Å². The van der Waals surface area contributed by atoms with E-state index in [0.717, 1.165) is 16.5 Å². The van der Waals surface area contributed by atoms with E-state index in [9.17, 15) is 9.59 Å². The SMILES string of the molecule is CC[C@H](C)C(=O)N[C@H](CC(=O)O)c1ccc(Br)cc1. The summed E-state index contributed by atoms with van der Waals surface area (Å²) < 4.78 is 0.915. The molecule has 1 amide bonds. The van der Waals surface area contributed by atoms with E-state index in [-0.39, 0.29) is 18.2 Å². The monoisotopic (exact) mass is 327 g/mol. The molecule has 5 heteroatoms. The molecule has 1 rings (SSSR count). The number of nitrogens with one attached hydrogen (secondary N) is 1. The molecule has 0 bridgehead atoms. The van der Waals surface area contributed by atoms with Crippen LogP contribution >= 0.6 is 15.9 Å². The number of amides is 1. The lowest BCUT2D eigenvalue weighted by Crippen LogP contribution is -2.33. The summed E-state index contributed by atoms with van der Waals surface area (Å²) in [5.74, 6) is -1.17. The maximum absolute atomic E-state index is 11.9. The van der Waals surface area contributed by atoms with E-state index >= 15 is 0 Å². The van der Waals surface area contributed by atoms with Gasteiger partial charge in [-0.25, -0.2) is 0 Å². The number of aliphatic carboxylic acids is 1. The van der Waals surface area contributed by atoms with Crippen molar-refractivity contribution in [2.24, 2.45) is 5.92 Å². The van der Waals surface area contributed by atoms with Crippen LogP contribution in [0, 0.1) is 5.92 Å². The molecule has 0 spiro atoms. The van der Waals surface area contributed by atoms with Gasteiger partial charge in [0.05, 0.1) is 12.5 Å². The molecule has 0 aliphatic rings. The number of hydrogen-bond acceptors (Lipinski definition) is 2. The Morgan fingerprint density at radius 3 is 2.37 bits per heavy atom. The fourth-order valence-corrected chi connectivity index (χ4v) is 1.89. The summed E-state index contributed by atoms with van der Waals surface area (Å²) in [7, 11) is 0. The summed E-state index contributed by atoms with van der Waals surface area (Å²) >= 11 is 3.33. The van der Waals surface area contributed by atoms with Crippen LogP contribution in [0.2, 0.25) is 0 Å². The van der Waals surface area contributed by atoms with Crippen molar-refractivity contribution >= 4 is 27.8 Å². The highest BCUT2D eigenvalue weighted by molar-refractivity contribution is 9.10. The predicted molar refractivity (Wildman–Crippen MR) is 76.7 cm³/mol. The van der Waals surface area contributed by atoms with Gasteiger partial charge in [-0.1, -0.05) is 41.9 Å². The van der Waals surface area contributed by atoms with Crippen LogP contribution in [-0.2, 0) is 9.59 Å². The number of carboxylic acid groups (broad SMARTS) is 1. The van der Waals surface area contributed by atoms with Crippen molar-refractivity contribution in [3.05, 3.63) is 34.3 Å². The highest BCUT2D eigenvalue weighted by Crippen LogP contribution is 2.20. The number of carbonyl (C=O) groups excluding carboxylic acids is 1. The third-order valence-corrected chi connectivity index (χ3v) is 3.56. The zero-order chi connectivity index (χ0) is 14.4. The lowest BCUT2D eigenvalue weighted by atomic mass is 10.0. The van der Waals surface area contributed by atoms with Gasteiger partial charge in [0.25, 0.3) is 0 Å². The Balaban J connectivity index is 2.85. The minimum atomic E-state index is -0.933.